The lowest BCUT2D eigenvalue weighted by Gasteiger charge is -2.23. The summed E-state index contributed by atoms with van der Waals surface area (Å²) in [5.41, 5.74) is 1.08. The number of para-hydroxylation sites is 2. The monoisotopic (exact) mass is 394 g/mol. The number of carboxylic acids is 1. The third-order valence-electron chi connectivity index (χ3n) is 6.14. The molecule has 2 N–H and O–H groups in total. The molecule has 1 saturated carbocycles. The Morgan fingerprint density at radius 3 is 2.69 bits per heavy atom. The maximum absolute atomic E-state index is 12.7. The highest BCUT2D eigenvalue weighted by Crippen LogP contribution is 2.48. The van der Waals surface area contributed by atoms with Crippen LogP contribution in [0.3, 0.4) is 0 Å². The van der Waals surface area contributed by atoms with Crippen molar-refractivity contribution in [2.75, 3.05) is 25.0 Å². The zero-order chi connectivity index (χ0) is 20.4. The lowest BCUT2D eigenvalue weighted by Crippen LogP contribution is -2.37. The zero-order valence-corrected chi connectivity index (χ0v) is 16.6. The molecule has 152 valence electrons. The van der Waals surface area contributed by atoms with Crippen molar-refractivity contribution in [3.05, 3.63) is 54.1 Å². The van der Waals surface area contributed by atoms with Gasteiger partial charge >= 0.3 is 5.97 Å². The van der Waals surface area contributed by atoms with E-state index < -0.39 is 11.4 Å². The lowest BCUT2D eigenvalue weighted by atomic mass is 9.81. The molecule has 1 aliphatic heterocycles. The Balaban J connectivity index is 1.40. The van der Waals surface area contributed by atoms with E-state index in [1.807, 2.05) is 54.3 Å². The number of hydrogen-bond acceptors (Lipinski definition) is 4. The van der Waals surface area contributed by atoms with Gasteiger partial charge in [0.1, 0.15) is 5.75 Å². The average molecular weight is 394 g/mol. The van der Waals surface area contributed by atoms with E-state index in [2.05, 4.69) is 5.32 Å². The third-order valence-corrected chi connectivity index (χ3v) is 6.14. The molecule has 2 fully saturated rings. The van der Waals surface area contributed by atoms with Crippen LogP contribution in [0.25, 0.3) is 0 Å². The number of likely N-dealkylation sites (tertiary alicyclic amines) is 1. The number of benzene rings is 2. The van der Waals surface area contributed by atoms with Gasteiger partial charge in [0.25, 0.3) is 0 Å². The number of aliphatic carboxylic acids is 1. The number of rotatable bonds is 6. The number of aryl methyl sites for hydroxylation is 1. The topological polar surface area (TPSA) is 78.9 Å². The smallest absolute Gasteiger partial charge is 0.311 e. The first-order valence-electron chi connectivity index (χ1n) is 10.1. The first kappa shape index (κ1) is 19.5. The van der Waals surface area contributed by atoms with Crippen LogP contribution in [0.5, 0.6) is 11.5 Å². The number of carbonyl (C=O) groups excluding carboxylic acids is 1. The molecule has 1 amide bonds. The average Bonchev–Trinajstić information content (AvgIpc) is 3.23. The Kier molecular flexibility index (Phi) is 5.28. The fraction of sp³-hybridized carbons (Fsp3) is 0.391. The lowest BCUT2D eigenvalue weighted by molar-refractivity contribution is -0.149. The summed E-state index contributed by atoms with van der Waals surface area (Å²) in [5.74, 6) is 0.535. The number of nitrogens with one attached hydrogen (secondary N) is 1. The fourth-order valence-corrected chi connectivity index (χ4v) is 4.65. The predicted octanol–water partition coefficient (Wildman–Crippen LogP) is 3.91. The van der Waals surface area contributed by atoms with Gasteiger partial charge in [-0.1, -0.05) is 36.2 Å². The van der Waals surface area contributed by atoms with E-state index in [9.17, 15) is 14.7 Å². The quantitative estimate of drug-likeness (QED) is 0.777. The summed E-state index contributed by atoms with van der Waals surface area (Å²) in [7, 11) is 0. The van der Waals surface area contributed by atoms with Gasteiger partial charge in [-0.25, -0.2) is 0 Å². The van der Waals surface area contributed by atoms with E-state index in [0.717, 1.165) is 18.4 Å². The van der Waals surface area contributed by atoms with Crippen molar-refractivity contribution in [1.29, 1.82) is 0 Å². The number of hydrogen-bond donors (Lipinski definition) is 2. The molecule has 6 heteroatoms. The molecular weight excluding hydrogens is 368 g/mol. The fourth-order valence-electron chi connectivity index (χ4n) is 4.65. The molecule has 4 rings (SSSR count). The van der Waals surface area contributed by atoms with Gasteiger partial charge in [0, 0.05) is 13.1 Å². The van der Waals surface area contributed by atoms with Crippen molar-refractivity contribution in [2.24, 2.45) is 11.3 Å². The highest BCUT2D eigenvalue weighted by molar-refractivity contribution is 5.93. The van der Waals surface area contributed by atoms with Gasteiger partial charge in [0.05, 0.1) is 17.6 Å². The van der Waals surface area contributed by atoms with E-state index in [-0.39, 0.29) is 18.4 Å². The molecule has 6 nitrogen and oxygen atoms in total. The van der Waals surface area contributed by atoms with Gasteiger partial charge in [-0.05, 0) is 49.9 Å². The van der Waals surface area contributed by atoms with Crippen LogP contribution in [-0.4, -0.2) is 41.5 Å². The van der Waals surface area contributed by atoms with Gasteiger partial charge in [-0.2, -0.15) is 0 Å². The Morgan fingerprint density at radius 1 is 1.21 bits per heavy atom. The first-order chi connectivity index (χ1) is 14.0. The van der Waals surface area contributed by atoms with E-state index in [1.165, 1.54) is 0 Å². The summed E-state index contributed by atoms with van der Waals surface area (Å²) in [4.78, 5) is 26.4. The molecule has 0 spiro atoms. The van der Waals surface area contributed by atoms with Crippen LogP contribution in [0.15, 0.2) is 48.5 Å². The number of amides is 1. The molecular formula is C23H26N2O4. The largest absolute Gasteiger partial charge is 0.481 e. The van der Waals surface area contributed by atoms with Crippen LogP contribution in [-0.2, 0) is 9.59 Å². The van der Waals surface area contributed by atoms with Crippen LogP contribution in [0.1, 0.15) is 24.8 Å². The summed E-state index contributed by atoms with van der Waals surface area (Å²) in [6.45, 7) is 3.31. The second kappa shape index (κ2) is 7.87. The number of ether oxygens (including phenoxy) is 1. The van der Waals surface area contributed by atoms with E-state index in [4.69, 9.17) is 4.74 Å². The molecule has 0 unspecified atom stereocenters. The Hall–Kier alpha value is -2.86. The van der Waals surface area contributed by atoms with Crippen molar-refractivity contribution in [1.82, 2.24) is 4.90 Å². The minimum Gasteiger partial charge on any atom is -0.481 e. The summed E-state index contributed by atoms with van der Waals surface area (Å²) in [6.07, 6.45) is 2.59. The predicted molar refractivity (Wildman–Crippen MR) is 110 cm³/mol. The van der Waals surface area contributed by atoms with Gasteiger partial charge in [-0.3, -0.25) is 14.5 Å². The van der Waals surface area contributed by atoms with Crippen LogP contribution in [0.4, 0.5) is 5.69 Å². The van der Waals surface area contributed by atoms with E-state index >= 15 is 0 Å². The first-order valence-corrected chi connectivity index (χ1v) is 10.1. The van der Waals surface area contributed by atoms with E-state index in [0.29, 0.717) is 36.7 Å². The van der Waals surface area contributed by atoms with Crippen LogP contribution < -0.4 is 10.1 Å². The van der Waals surface area contributed by atoms with Crippen molar-refractivity contribution in [2.45, 2.75) is 26.2 Å². The number of carboxylic acid groups (broad SMARTS) is 1. The molecule has 0 aromatic heterocycles. The minimum absolute atomic E-state index is 0.143. The number of carbonyl (C=O) groups is 2. The van der Waals surface area contributed by atoms with Gasteiger partial charge in [0.2, 0.25) is 5.91 Å². The molecule has 1 saturated heterocycles. The van der Waals surface area contributed by atoms with Crippen molar-refractivity contribution >= 4 is 17.6 Å². The molecule has 0 radical (unpaired) electrons. The van der Waals surface area contributed by atoms with Crippen molar-refractivity contribution in [3.63, 3.8) is 0 Å². The molecule has 2 aromatic rings. The number of nitrogens with zero attached hydrogens (tertiary/aromatic N) is 1. The van der Waals surface area contributed by atoms with Gasteiger partial charge < -0.3 is 15.2 Å². The van der Waals surface area contributed by atoms with Crippen molar-refractivity contribution < 1.29 is 19.4 Å². The molecule has 2 aromatic carbocycles. The molecule has 2 aliphatic rings. The second-order valence-corrected chi connectivity index (χ2v) is 8.18. The maximum Gasteiger partial charge on any atom is 0.311 e. The number of fused-ring (bicyclic) bond motifs is 1. The summed E-state index contributed by atoms with van der Waals surface area (Å²) < 4.78 is 5.94. The molecule has 1 heterocycles. The van der Waals surface area contributed by atoms with Gasteiger partial charge in [0.15, 0.2) is 5.75 Å². The van der Waals surface area contributed by atoms with Crippen LogP contribution >= 0.6 is 0 Å². The Morgan fingerprint density at radius 2 is 1.97 bits per heavy atom. The zero-order valence-electron chi connectivity index (χ0n) is 16.6. The highest BCUT2D eigenvalue weighted by Gasteiger charge is 2.54. The summed E-state index contributed by atoms with van der Waals surface area (Å²) in [5, 5.41) is 12.6. The SMILES string of the molecule is Cc1ccc(Oc2ccccc2NC(=O)CN2C[C@@H]3CCC[C@@]3(C(=O)O)C2)cc1. The molecule has 1 aliphatic carbocycles. The Bertz CT molecular complexity index is 911. The maximum atomic E-state index is 12.7. The molecule has 2 atom stereocenters. The van der Waals surface area contributed by atoms with Gasteiger partial charge in [-0.15, -0.1) is 0 Å². The van der Waals surface area contributed by atoms with Crippen LogP contribution in [0.2, 0.25) is 0 Å². The third kappa shape index (κ3) is 3.98. The standard InChI is InChI=1S/C23H26N2O4/c1-16-8-10-18(11-9-16)29-20-7-3-2-6-19(20)24-21(26)14-25-13-17-5-4-12-23(17,15-25)22(27)28/h2-3,6-11,17H,4-5,12-15H2,1H3,(H,24,26)(H,27,28)/t17-,23+/m0/s1. The van der Waals surface area contributed by atoms with Crippen molar-refractivity contribution in [3.8, 4) is 11.5 Å². The highest BCUT2D eigenvalue weighted by atomic mass is 16.5. The summed E-state index contributed by atoms with van der Waals surface area (Å²) in [6, 6.07) is 15.0. The molecule has 0 bridgehead atoms. The number of anilines is 1. The van der Waals surface area contributed by atoms with Crippen LogP contribution in [0, 0.1) is 18.3 Å². The second-order valence-electron chi connectivity index (χ2n) is 8.18. The summed E-state index contributed by atoms with van der Waals surface area (Å²) >= 11 is 0. The normalized spacial score (nSPS) is 23.6. The Labute approximate surface area is 170 Å². The minimum atomic E-state index is -0.722. The molecule has 29 heavy (non-hydrogen) atoms. The van der Waals surface area contributed by atoms with E-state index in [1.54, 1.807) is 6.07 Å².